The van der Waals surface area contributed by atoms with Gasteiger partial charge in [0.05, 0.1) is 11.8 Å². The summed E-state index contributed by atoms with van der Waals surface area (Å²) in [5.74, 6) is -0.102. The van der Waals surface area contributed by atoms with Gasteiger partial charge in [0.25, 0.3) is 11.8 Å². The van der Waals surface area contributed by atoms with Crippen LogP contribution in [-0.4, -0.2) is 21.6 Å². The largest absolute Gasteiger partial charge is 0.343 e. The van der Waals surface area contributed by atoms with E-state index in [2.05, 4.69) is 21.0 Å². The number of aryl methyl sites for hydroxylation is 3. The zero-order valence-electron chi connectivity index (χ0n) is 21.6. The second kappa shape index (κ2) is 10.2. The fraction of sp³-hybridized carbons (Fsp3) is 0.167. The van der Waals surface area contributed by atoms with E-state index in [0.717, 1.165) is 22.4 Å². The zero-order chi connectivity index (χ0) is 27.0. The van der Waals surface area contributed by atoms with Crippen LogP contribution in [0.1, 0.15) is 45.6 Å². The highest BCUT2D eigenvalue weighted by molar-refractivity contribution is 6.31. The van der Waals surface area contributed by atoms with Crippen molar-refractivity contribution in [3.05, 3.63) is 117 Å². The first kappa shape index (κ1) is 25.3. The summed E-state index contributed by atoms with van der Waals surface area (Å²) >= 11 is 6.64. The van der Waals surface area contributed by atoms with E-state index in [0.29, 0.717) is 38.9 Å². The van der Waals surface area contributed by atoms with Crippen LogP contribution in [0.25, 0.3) is 0 Å². The number of allylic oxidation sites excluding steroid dienone is 1. The fourth-order valence-corrected chi connectivity index (χ4v) is 4.92. The Hall–Kier alpha value is -4.36. The maximum Gasteiger partial charge on any atom is 0.261 e. The molecular formula is C30H28ClN5O2. The number of hydrogen-bond donors (Lipinski definition) is 3. The average Bonchev–Trinajstić information content (AvgIpc) is 3.30. The Morgan fingerprint density at radius 2 is 1.61 bits per heavy atom. The summed E-state index contributed by atoms with van der Waals surface area (Å²) in [6.07, 6.45) is 1.51. The van der Waals surface area contributed by atoms with Gasteiger partial charge in [-0.3, -0.25) is 9.59 Å². The van der Waals surface area contributed by atoms with Crippen LogP contribution in [0.2, 0.25) is 5.02 Å². The first-order valence-corrected chi connectivity index (χ1v) is 12.7. The van der Waals surface area contributed by atoms with E-state index in [4.69, 9.17) is 11.6 Å². The summed E-state index contributed by atoms with van der Waals surface area (Å²) in [6.45, 7) is 7.77. The Bertz CT molecular complexity index is 1590. The van der Waals surface area contributed by atoms with E-state index in [1.165, 1.54) is 6.20 Å². The number of carbonyl (C=O) groups excluding carboxylic acids is 2. The molecule has 2 amide bonds. The summed E-state index contributed by atoms with van der Waals surface area (Å²) in [7, 11) is 0. The van der Waals surface area contributed by atoms with Crippen LogP contribution in [0.15, 0.2) is 84.2 Å². The second-order valence-electron chi connectivity index (χ2n) is 9.53. The Balaban J connectivity index is 1.55. The van der Waals surface area contributed by atoms with Gasteiger partial charge in [0.15, 0.2) is 0 Å². The third kappa shape index (κ3) is 4.80. The van der Waals surface area contributed by atoms with E-state index in [1.54, 1.807) is 10.7 Å². The van der Waals surface area contributed by atoms with Gasteiger partial charge in [-0.05, 0) is 57.5 Å². The van der Waals surface area contributed by atoms with Gasteiger partial charge in [0.1, 0.15) is 17.4 Å². The van der Waals surface area contributed by atoms with Crippen molar-refractivity contribution in [3.8, 4) is 0 Å². The molecule has 0 fully saturated rings. The molecule has 3 aromatic carbocycles. The van der Waals surface area contributed by atoms with Gasteiger partial charge < -0.3 is 16.0 Å². The number of halogens is 1. The number of anilines is 3. The predicted octanol–water partition coefficient (Wildman–Crippen LogP) is 6.64. The predicted molar refractivity (Wildman–Crippen MR) is 152 cm³/mol. The third-order valence-corrected chi connectivity index (χ3v) is 7.00. The molecule has 38 heavy (non-hydrogen) atoms. The van der Waals surface area contributed by atoms with Gasteiger partial charge in [-0.15, -0.1) is 0 Å². The first-order chi connectivity index (χ1) is 18.2. The van der Waals surface area contributed by atoms with E-state index in [1.807, 2.05) is 88.4 Å². The fourth-order valence-electron chi connectivity index (χ4n) is 4.68. The van der Waals surface area contributed by atoms with Crippen LogP contribution in [0.4, 0.5) is 17.2 Å². The lowest BCUT2D eigenvalue weighted by Gasteiger charge is -2.30. The minimum Gasteiger partial charge on any atom is -0.343 e. The minimum atomic E-state index is -0.647. The van der Waals surface area contributed by atoms with Crippen LogP contribution in [0.3, 0.4) is 0 Å². The molecule has 3 N–H and O–H groups in total. The normalized spacial score (nSPS) is 14.5. The van der Waals surface area contributed by atoms with Gasteiger partial charge in [0, 0.05) is 27.7 Å². The molecule has 0 radical (unpaired) electrons. The van der Waals surface area contributed by atoms with Crippen molar-refractivity contribution in [1.82, 2.24) is 9.78 Å². The lowest BCUT2D eigenvalue weighted by atomic mass is 9.94. The highest BCUT2D eigenvalue weighted by atomic mass is 35.5. The summed E-state index contributed by atoms with van der Waals surface area (Å²) in [5.41, 5.74) is 6.71. The molecule has 0 bridgehead atoms. The van der Waals surface area contributed by atoms with E-state index >= 15 is 0 Å². The average molecular weight is 526 g/mol. The number of amides is 2. The standard InChI is InChI=1S/C30H28ClN5O2/c1-17-9-12-21(13-10-17)34-29(37)23-16-32-36-27(22-7-5-6-8-24(22)31)26(20(4)33-28(23)36)30(38)35-25-14-11-18(2)15-19(25)3/h5-16,27,33H,1-4H3,(H,34,37)(H,35,38)/t27-/m0/s1. The van der Waals surface area contributed by atoms with Gasteiger partial charge in [-0.25, -0.2) is 4.68 Å². The van der Waals surface area contributed by atoms with Gasteiger partial charge in [0.2, 0.25) is 0 Å². The monoisotopic (exact) mass is 525 g/mol. The van der Waals surface area contributed by atoms with Gasteiger partial charge in [-0.1, -0.05) is 65.2 Å². The number of carbonyl (C=O) groups is 2. The summed E-state index contributed by atoms with van der Waals surface area (Å²) in [4.78, 5) is 27.0. The van der Waals surface area contributed by atoms with E-state index in [9.17, 15) is 9.59 Å². The van der Waals surface area contributed by atoms with Crippen molar-refractivity contribution in [2.75, 3.05) is 16.0 Å². The zero-order valence-corrected chi connectivity index (χ0v) is 22.4. The maximum absolute atomic E-state index is 13.8. The summed E-state index contributed by atoms with van der Waals surface area (Å²) < 4.78 is 1.65. The molecule has 7 nitrogen and oxygen atoms in total. The van der Waals surface area contributed by atoms with Crippen molar-refractivity contribution in [1.29, 1.82) is 0 Å². The Morgan fingerprint density at radius 1 is 0.895 bits per heavy atom. The van der Waals surface area contributed by atoms with Crippen LogP contribution < -0.4 is 16.0 Å². The molecule has 2 heterocycles. The highest BCUT2D eigenvalue weighted by Crippen LogP contribution is 2.40. The third-order valence-electron chi connectivity index (χ3n) is 6.65. The van der Waals surface area contributed by atoms with Crippen molar-refractivity contribution >= 4 is 40.6 Å². The van der Waals surface area contributed by atoms with Crippen LogP contribution in [0, 0.1) is 20.8 Å². The second-order valence-corrected chi connectivity index (χ2v) is 9.94. The van der Waals surface area contributed by atoms with Crippen molar-refractivity contribution < 1.29 is 9.59 Å². The number of fused-ring (bicyclic) bond motifs is 1. The summed E-state index contributed by atoms with van der Waals surface area (Å²) in [5, 5.41) is 14.3. The number of rotatable bonds is 5. The lowest BCUT2D eigenvalue weighted by Crippen LogP contribution is -2.32. The molecule has 0 saturated heterocycles. The Morgan fingerprint density at radius 3 is 2.32 bits per heavy atom. The van der Waals surface area contributed by atoms with Crippen LogP contribution >= 0.6 is 11.6 Å². The molecule has 1 aliphatic heterocycles. The number of hydrogen-bond acceptors (Lipinski definition) is 4. The maximum atomic E-state index is 13.8. The van der Waals surface area contributed by atoms with Crippen molar-refractivity contribution in [3.63, 3.8) is 0 Å². The molecule has 0 aliphatic carbocycles. The Labute approximate surface area is 226 Å². The first-order valence-electron chi connectivity index (χ1n) is 12.3. The molecule has 4 aromatic rings. The SMILES string of the molecule is CC1=C(C(=O)Nc2ccc(C)cc2C)[C@H](c2ccccc2Cl)n2ncc(C(=O)Nc3ccc(C)cc3)c2N1. The Kier molecular flexibility index (Phi) is 6.78. The molecule has 5 rings (SSSR count). The molecule has 0 unspecified atom stereocenters. The smallest absolute Gasteiger partial charge is 0.261 e. The van der Waals surface area contributed by atoms with Crippen LogP contribution in [-0.2, 0) is 4.79 Å². The molecule has 0 saturated carbocycles. The minimum absolute atomic E-state index is 0.279. The lowest BCUT2D eigenvalue weighted by molar-refractivity contribution is -0.113. The molecule has 8 heteroatoms. The molecule has 192 valence electrons. The molecule has 1 aromatic heterocycles. The van der Waals surface area contributed by atoms with Crippen LogP contribution in [0.5, 0.6) is 0 Å². The van der Waals surface area contributed by atoms with E-state index in [-0.39, 0.29) is 11.8 Å². The van der Waals surface area contributed by atoms with Crippen molar-refractivity contribution in [2.24, 2.45) is 0 Å². The number of aromatic nitrogens is 2. The van der Waals surface area contributed by atoms with Gasteiger partial charge in [-0.2, -0.15) is 5.10 Å². The van der Waals surface area contributed by atoms with Gasteiger partial charge >= 0.3 is 0 Å². The topological polar surface area (TPSA) is 88.0 Å². The summed E-state index contributed by atoms with van der Waals surface area (Å²) in [6, 6.07) is 20.1. The van der Waals surface area contributed by atoms with E-state index < -0.39 is 6.04 Å². The number of nitrogens with zero attached hydrogens (tertiary/aromatic N) is 2. The van der Waals surface area contributed by atoms with Crippen molar-refractivity contribution in [2.45, 2.75) is 33.7 Å². The number of benzene rings is 3. The molecule has 1 aliphatic rings. The molecular weight excluding hydrogens is 498 g/mol. The quantitative estimate of drug-likeness (QED) is 0.272. The number of nitrogens with one attached hydrogen (secondary N) is 3. The highest BCUT2D eigenvalue weighted by Gasteiger charge is 2.36. The molecule has 0 spiro atoms. The molecule has 1 atom stereocenters.